The minimum absolute atomic E-state index is 0.124. The van der Waals surface area contributed by atoms with Crippen molar-refractivity contribution in [2.45, 2.75) is 11.7 Å². The average Bonchev–Trinajstić information content (AvgIpc) is 3.06. The lowest BCUT2D eigenvalue weighted by molar-refractivity contribution is -0.113. The molecule has 138 valence electrons. The van der Waals surface area contributed by atoms with E-state index < -0.39 is 0 Å². The number of carbonyl (C=O) groups is 1. The summed E-state index contributed by atoms with van der Waals surface area (Å²) in [6.45, 7) is 4.36. The number of aromatic nitrogens is 3. The number of halogens is 2. The molecule has 2 aromatic carbocycles. The van der Waals surface area contributed by atoms with Gasteiger partial charge in [-0.25, -0.2) is 0 Å². The lowest BCUT2D eigenvalue weighted by Gasteiger charge is -2.08. The number of benzene rings is 2. The molecule has 1 aromatic heterocycles. The van der Waals surface area contributed by atoms with E-state index in [0.717, 1.165) is 15.9 Å². The van der Waals surface area contributed by atoms with Crippen LogP contribution >= 0.6 is 39.3 Å². The van der Waals surface area contributed by atoms with E-state index in [0.29, 0.717) is 22.4 Å². The maximum atomic E-state index is 12.2. The Morgan fingerprint density at radius 2 is 1.89 bits per heavy atom. The Bertz CT molecular complexity index is 941. The molecule has 3 rings (SSSR count). The first-order chi connectivity index (χ1) is 13.1. The van der Waals surface area contributed by atoms with Crippen molar-refractivity contribution < 1.29 is 4.79 Å². The topological polar surface area (TPSA) is 59.8 Å². The van der Waals surface area contributed by atoms with Crippen LogP contribution in [0.15, 0.2) is 70.8 Å². The molecule has 1 N–H and O–H groups in total. The Balaban J connectivity index is 1.70. The minimum Gasteiger partial charge on any atom is -0.325 e. The maximum absolute atomic E-state index is 12.2. The molecule has 27 heavy (non-hydrogen) atoms. The van der Waals surface area contributed by atoms with Crippen LogP contribution in [0.4, 0.5) is 5.69 Å². The summed E-state index contributed by atoms with van der Waals surface area (Å²) in [4.78, 5) is 12.2. The Labute approximate surface area is 175 Å². The van der Waals surface area contributed by atoms with Gasteiger partial charge in [-0.1, -0.05) is 57.5 Å². The average molecular weight is 464 g/mol. The largest absolute Gasteiger partial charge is 0.325 e. The van der Waals surface area contributed by atoms with Crippen molar-refractivity contribution in [2.24, 2.45) is 0 Å². The summed E-state index contributed by atoms with van der Waals surface area (Å²) < 4.78 is 2.94. The molecule has 1 amide bonds. The number of nitrogens with zero attached hydrogens (tertiary/aromatic N) is 3. The van der Waals surface area contributed by atoms with Crippen molar-refractivity contribution in [3.8, 4) is 11.4 Å². The van der Waals surface area contributed by atoms with Gasteiger partial charge in [0.25, 0.3) is 0 Å². The highest BCUT2D eigenvalue weighted by atomic mass is 79.9. The van der Waals surface area contributed by atoms with Crippen LogP contribution in [0.25, 0.3) is 11.4 Å². The summed E-state index contributed by atoms with van der Waals surface area (Å²) in [5.41, 5.74) is 1.65. The molecular formula is C19H16BrClN4OS. The summed E-state index contributed by atoms with van der Waals surface area (Å²) in [6, 6.07) is 14.8. The van der Waals surface area contributed by atoms with E-state index in [9.17, 15) is 4.79 Å². The van der Waals surface area contributed by atoms with Crippen molar-refractivity contribution in [1.82, 2.24) is 14.8 Å². The maximum Gasteiger partial charge on any atom is 0.234 e. The first-order valence-corrected chi connectivity index (χ1v) is 10.2. The lowest BCUT2D eigenvalue weighted by Crippen LogP contribution is -2.14. The van der Waals surface area contributed by atoms with Gasteiger partial charge in [0, 0.05) is 27.3 Å². The summed E-state index contributed by atoms with van der Waals surface area (Å²) >= 11 is 10.6. The van der Waals surface area contributed by atoms with Gasteiger partial charge in [-0.3, -0.25) is 9.36 Å². The summed E-state index contributed by atoms with van der Waals surface area (Å²) in [6.07, 6.45) is 1.78. The summed E-state index contributed by atoms with van der Waals surface area (Å²) in [5, 5.41) is 12.7. The molecule has 3 aromatic rings. The second-order valence-corrected chi connectivity index (χ2v) is 7.85. The number of amides is 1. The number of rotatable bonds is 7. The van der Waals surface area contributed by atoms with Gasteiger partial charge in [0.05, 0.1) is 5.75 Å². The normalized spacial score (nSPS) is 10.6. The highest BCUT2D eigenvalue weighted by molar-refractivity contribution is 9.10. The number of hydrogen-bond donors (Lipinski definition) is 1. The van der Waals surface area contributed by atoms with Crippen molar-refractivity contribution in [3.05, 3.63) is 70.7 Å². The van der Waals surface area contributed by atoms with E-state index >= 15 is 0 Å². The molecule has 8 heteroatoms. The SMILES string of the molecule is C=CCn1c(SCC(=O)Nc2ccc(Cl)cc2)nnc1-c1ccc(Br)cc1. The monoisotopic (exact) mass is 462 g/mol. The van der Waals surface area contributed by atoms with Crippen molar-refractivity contribution in [2.75, 3.05) is 11.1 Å². The number of thioether (sulfide) groups is 1. The first kappa shape index (κ1) is 19.7. The Morgan fingerprint density at radius 3 is 2.56 bits per heavy atom. The van der Waals surface area contributed by atoms with E-state index in [4.69, 9.17) is 11.6 Å². The van der Waals surface area contributed by atoms with Gasteiger partial charge in [0.2, 0.25) is 5.91 Å². The zero-order chi connectivity index (χ0) is 19.2. The lowest BCUT2D eigenvalue weighted by atomic mass is 10.2. The van der Waals surface area contributed by atoms with Crippen LogP contribution < -0.4 is 5.32 Å². The Morgan fingerprint density at radius 1 is 1.19 bits per heavy atom. The second kappa shape index (κ2) is 9.21. The molecule has 0 saturated heterocycles. The predicted octanol–water partition coefficient (Wildman–Crippen LogP) is 5.28. The molecule has 5 nitrogen and oxygen atoms in total. The van der Waals surface area contributed by atoms with Crippen molar-refractivity contribution >= 4 is 50.9 Å². The number of nitrogens with one attached hydrogen (secondary N) is 1. The molecule has 0 fully saturated rings. The summed E-state index contributed by atoms with van der Waals surface area (Å²) in [5.74, 6) is 0.835. The third kappa shape index (κ3) is 5.22. The van der Waals surface area contributed by atoms with E-state index in [1.54, 1.807) is 30.3 Å². The predicted molar refractivity (Wildman–Crippen MR) is 114 cm³/mol. The first-order valence-electron chi connectivity index (χ1n) is 8.05. The molecule has 0 unspecified atom stereocenters. The van der Waals surface area contributed by atoms with Crippen LogP contribution in [-0.4, -0.2) is 26.4 Å². The Kier molecular flexibility index (Phi) is 6.71. The molecule has 0 aliphatic rings. The van der Waals surface area contributed by atoms with E-state index in [1.807, 2.05) is 28.8 Å². The van der Waals surface area contributed by atoms with E-state index in [-0.39, 0.29) is 11.7 Å². The third-order valence-electron chi connectivity index (χ3n) is 3.59. The van der Waals surface area contributed by atoms with Crippen LogP contribution in [-0.2, 0) is 11.3 Å². The smallest absolute Gasteiger partial charge is 0.234 e. The molecule has 0 saturated carbocycles. The van der Waals surface area contributed by atoms with Crippen molar-refractivity contribution in [1.29, 1.82) is 0 Å². The van der Waals surface area contributed by atoms with Crippen LogP contribution in [0.1, 0.15) is 0 Å². The standard InChI is InChI=1S/C19H16BrClN4OS/c1-2-11-25-18(13-3-5-14(20)6-4-13)23-24-19(25)27-12-17(26)22-16-9-7-15(21)8-10-16/h2-10H,1,11-12H2,(H,22,26). The van der Waals surface area contributed by atoms with Crippen LogP contribution in [0.5, 0.6) is 0 Å². The highest BCUT2D eigenvalue weighted by Crippen LogP contribution is 2.25. The Hall–Kier alpha value is -2.09. The van der Waals surface area contributed by atoms with Crippen LogP contribution in [0.3, 0.4) is 0 Å². The third-order valence-corrected chi connectivity index (χ3v) is 5.34. The molecule has 1 heterocycles. The van der Waals surface area contributed by atoms with Gasteiger partial charge in [-0.05, 0) is 36.4 Å². The van der Waals surface area contributed by atoms with Gasteiger partial charge in [0.1, 0.15) is 0 Å². The highest BCUT2D eigenvalue weighted by Gasteiger charge is 2.15. The molecule has 0 atom stereocenters. The quantitative estimate of drug-likeness (QED) is 0.383. The van der Waals surface area contributed by atoms with Gasteiger partial charge >= 0.3 is 0 Å². The number of anilines is 1. The van der Waals surface area contributed by atoms with Crippen molar-refractivity contribution in [3.63, 3.8) is 0 Å². The fourth-order valence-corrected chi connectivity index (χ4v) is 3.50. The van der Waals surface area contributed by atoms with E-state index in [1.165, 1.54) is 11.8 Å². The molecule has 0 bridgehead atoms. The number of hydrogen-bond acceptors (Lipinski definition) is 4. The van der Waals surface area contributed by atoms with Gasteiger partial charge in [-0.2, -0.15) is 0 Å². The summed E-state index contributed by atoms with van der Waals surface area (Å²) in [7, 11) is 0. The van der Waals surface area contributed by atoms with Crippen LogP contribution in [0, 0.1) is 0 Å². The fraction of sp³-hybridized carbons (Fsp3) is 0.105. The molecule has 0 spiro atoms. The fourth-order valence-electron chi connectivity index (χ4n) is 2.36. The molecule has 0 radical (unpaired) electrons. The van der Waals surface area contributed by atoms with Crippen LogP contribution in [0.2, 0.25) is 5.02 Å². The van der Waals surface area contributed by atoms with Gasteiger partial charge < -0.3 is 5.32 Å². The molecule has 0 aliphatic carbocycles. The van der Waals surface area contributed by atoms with Gasteiger partial charge in [-0.15, -0.1) is 16.8 Å². The minimum atomic E-state index is -0.124. The second-order valence-electron chi connectivity index (χ2n) is 5.56. The molecule has 0 aliphatic heterocycles. The number of carbonyl (C=O) groups excluding carboxylic acids is 1. The van der Waals surface area contributed by atoms with E-state index in [2.05, 4.69) is 38.0 Å². The zero-order valence-corrected chi connectivity index (χ0v) is 17.4. The molecular weight excluding hydrogens is 448 g/mol. The zero-order valence-electron chi connectivity index (χ0n) is 14.2. The van der Waals surface area contributed by atoms with Gasteiger partial charge in [0.15, 0.2) is 11.0 Å². The number of allylic oxidation sites excluding steroid dienone is 1.